The van der Waals surface area contributed by atoms with Gasteiger partial charge in [0.15, 0.2) is 11.3 Å². The van der Waals surface area contributed by atoms with Crippen LogP contribution in [0.1, 0.15) is 9.80 Å². The van der Waals surface area contributed by atoms with Crippen LogP contribution in [0.15, 0.2) is 41.8 Å². The fraction of sp³-hybridized carbons (Fsp3) is 0. The van der Waals surface area contributed by atoms with E-state index in [2.05, 4.69) is 9.97 Å². The summed E-state index contributed by atoms with van der Waals surface area (Å²) in [5, 5.41) is 3.43. The second-order valence-electron chi connectivity index (χ2n) is 3.58. The largest absolute Gasteiger partial charge is 0.295 e. The summed E-state index contributed by atoms with van der Waals surface area (Å²) in [6.45, 7) is 0. The minimum absolute atomic E-state index is 0.481. The smallest absolute Gasteiger partial charge is 0.178 e. The zero-order valence-corrected chi connectivity index (χ0v) is 9.65. The maximum Gasteiger partial charge on any atom is 0.178 e. The van der Waals surface area contributed by atoms with Gasteiger partial charge < -0.3 is 0 Å². The molecule has 82 valence electrons. The van der Waals surface area contributed by atoms with Crippen molar-refractivity contribution in [3.05, 3.63) is 46.8 Å². The Bertz CT molecular complexity index is 690. The third-order valence-corrected chi connectivity index (χ3v) is 3.25. The highest BCUT2D eigenvalue weighted by molar-refractivity contribution is 7.11. The van der Waals surface area contributed by atoms with Gasteiger partial charge in [0.2, 0.25) is 0 Å². The van der Waals surface area contributed by atoms with Gasteiger partial charge in [-0.1, -0.05) is 24.3 Å². The van der Waals surface area contributed by atoms with Crippen LogP contribution >= 0.6 is 11.3 Å². The van der Waals surface area contributed by atoms with Crippen LogP contribution in [0.2, 0.25) is 0 Å². The van der Waals surface area contributed by atoms with Crippen LogP contribution in [-0.4, -0.2) is 16.3 Å². The standard InChI is InChI=1S/C13H8N2OS/c16-7-13-15-12(8-17-13)11-6-5-9-3-1-2-4-10(9)14-11/h1-8H. The highest BCUT2D eigenvalue weighted by Crippen LogP contribution is 2.22. The summed E-state index contributed by atoms with van der Waals surface area (Å²) in [5.74, 6) is 0. The maximum absolute atomic E-state index is 10.6. The van der Waals surface area contributed by atoms with Crippen molar-refractivity contribution >= 4 is 28.5 Å². The van der Waals surface area contributed by atoms with E-state index in [-0.39, 0.29) is 0 Å². The first-order valence-electron chi connectivity index (χ1n) is 5.14. The summed E-state index contributed by atoms with van der Waals surface area (Å²) in [6, 6.07) is 11.9. The third kappa shape index (κ3) is 1.83. The molecule has 0 radical (unpaired) electrons. The molecule has 17 heavy (non-hydrogen) atoms. The topological polar surface area (TPSA) is 42.9 Å². The van der Waals surface area contributed by atoms with E-state index in [0.29, 0.717) is 5.01 Å². The molecule has 0 saturated carbocycles. The number of hydrogen-bond donors (Lipinski definition) is 0. The van der Waals surface area contributed by atoms with Gasteiger partial charge in [0.05, 0.1) is 11.2 Å². The number of benzene rings is 1. The number of carbonyl (C=O) groups is 1. The van der Waals surface area contributed by atoms with Crippen LogP contribution < -0.4 is 0 Å². The number of thiazole rings is 1. The third-order valence-electron chi connectivity index (χ3n) is 2.48. The van der Waals surface area contributed by atoms with E-state index in [4.69, 9.17) is 0 Å². The lowest BCUT2D eigenvalue weighted by Gasteiger charge is -1.99. The lowest BCUT2D eigenvalue weighted by molar-refractivity contribution is 0.112. The summed E-state index contributed by atoms with van der Waals surface area (Å²) in [4.78, 5) is 19.3. The van der Waals surface area contributed by atoms with Gasteiger partial charge in [-0.25, -0.2) is 9.97 Å². The van der Waals surface area contributed by atoms with E-state index < -0.39 is 0 Å². The van der Waals surface area contributed by atoms with Gasteiger partial charge in [-0.2, -0.15) is 0 Å². The van der Waals surface area contributed by atoms with Gasteiger partial charge in [0.25, 0.3) is 0 Å². The molecule has 3 nitrogen and oxygen atoms in total. The molecule has 0 aliphatic rings. The minimum Gasteiger partial charge on any atom is -0.295 e. The summed E-state index contributed by atoms with van der Waals surface area (Å²) >= 11 is 1.33. The molecule has 4 heteroatoms. The Morgan fingerprint density at radius 1 is 1.00 bits per heavy atom. The Kier molecular flexibility index (Phi) is 2.42. The SMILES string of the molecule is O=Cc1nc(-c2ccc3ccccc3n2)cs1. The molecule has 0 amide bonds. The number of aromatic nitrogens is 2. The van der Waals surface area contributed by atoms with Crippen molar-refractivity contribution < 1.29 is 4.79 Å². The molecule has 0 unspecified atom stereocenters. The van der Waals surface area contributed by atoms with Crippen LogP contribution in [0.3, 0.4) is 0 Å². The van der Waals surface area contributed by atoms with E-state index in [1.807, 2.05) is 41.8 Å². The number of hydrogen-bond acceptors (Lipinski definition) is 4. The molecular formula is C13H8N2OS. The van der Waals surface area contributed by atoms with E-state index >= 15 is 0 Å². The fourth-order valence-electron chi connectivity index (χ4n) is 1.67. The van der Waals surface area contributed by atoms with Crippen molar-refractivity contribution in [3.8, 4) is 11.4 Å². The Hall–Kier alpha value is -2.07. The van der Waals surface area contributed by atoms with Gasteiger partial charge >= 0.3 is 0 Å². The lowest BCUT2D eigenvalue weighted by atomic mass is 10.2. The molecule has 0 spiro atoms. The average Bonchev–Trinajstić information content (AvgIpc) is 2.87. The van der Waals surface area contributed by atoms with Gasteiger partial charge in [-0.3, -0.25) is 4.79 Å². The van der Waals surface area contributed by atoms with Crippen molar-refractivity contribution in [2.75, 3.05) is 0 Å². The quantitative estimate of drug-likeness (QED) is 0.646. The molecule has 0 fully saturated rings. The summed E-state index contributed by atoms with van der Waals surface area (Å²) in [6.07, 6.45) is 0.759. The van der Waals surface area contributed by atoms with E-state index in [1.54, 1.807) is 0 Å². The predicted octanol–water partition coefficient (Wildman–Crippen LogP) is 3.17. The minimum atomic E-state index is 0.481. The Morgan fingerprint density at radius 3 is 2.71 bits per heavy atom. The molecule has 2 heterocycles. The second kappa shape index (κ2) is 4.07. The van der Waals surface area contributed by atoms with Crippen LogP contribution in [0.25, 0.3) is 22.3 Å². The zero-order valence-electron chi connectivity index (χ0n) is 8.83. The number of pyridine rings is 1. The Morgan fingerprint density at radius 2 is 1.88 bits per heavy atom. The normalized spacial score (nSPS) is 10.6. The van der Waals surface area contributed by atoms with E-state index in [0.717, 1.165) is 28.6 Å². The van der Waals surface area contributed by atoms with Gasteiger partial charge in [-0.05, 0) is 12.1 Å². The highest BCUT2D eigenvalue weighted by Gasteiger charge is 2.05. The van der Waals surface area contributed by atoms with Crippen molar-refractivity contribution in [2.24, 2.45) is 0 Å². The molecule has 0 aliphatic heterocycles. The number of fused-ring (bicyclic) bond motifs is 1. The first-order chi connectivity index (χ1) is 8.36. The molecule has 0 bridgehead atoms. The molecule has 3 aromatic rings. The van der Waals surface area contributed by atoms with Crippen molar-refractivity contribution in [3.63, 3.8) is 0 Å². The summed E-state index contributed by atoms with van der Waals surface area (Å²) in [7, 11) is 0. The monoisotopic (exact) mass is 240 g/mol. The molecular weight excluding hydrogens is 232 g/mol. The van der Waals surface area contributed by atoms with Gasteiger partial charge in [-0.15, -0.1) is 11.3 Å². The number of para-hydroxylation sites is 1. The molecule has 2 aromatic heterocycles. The summed E-state index contributed by atoms with van der Waals surface area (Å²) in [5.41, 5.74) is 2.49. The van der Waals surface area contributed by atoms with Crippen LogP contribution in [-0.2, 0) is 0 Å². The molecule has 0 atom stereocenters. The van der Waals surface area contributed by atoms with Crippen LogP contribution in [0, 0.1) is 0 Å². The van der Waals surface area contributed by atoms with Crippen molar-refractivity contribution in [1.82, 2.24) is 9.97 Å². The second-order valence-corrected chi connectivity index (χ2v) is 4.47. The van der Waals surface area contributed by atoms with Gasteiger partial charge in [0.1, 0.15) is 5.69 Å². The summed E-state index contributed by atoms with van der Waals surface area (Å²) < 4.78 is 0. The zero-order chi connectivity index (χ0) is 11.7. The lowest BCUT2D eigenvalue weighted by Crippen LogP contribution is -1.86. The molecule has 3 rings (SSSR count). The number of carbonyl (C=O) groups excluding carboxylic acids is 1. The Labute approximate surface area is 102 Å². The van der Waals surface area contributed by atoms with Crippen LogP contribution in [0.5, 0.6) is 0 Å². The Balaban J connectivity index is 2.14. The fourth-order valence-corrected chi connectivity index (χ4v) is 2.28. The van der Waals surface area contributed by atoms with Crippen LogP contribution in [0.4, 0.5) is 0 Å². The van der Waals surface area contributed by atoms with Gasteiger partial charge in [0, 0.05) is 10.8 Å². The first kappa shape index (κ1) is 10.1. The predicted molar refractivity (Wildman–Crippen MR) is 68.2 cm³/mol. The number of aldehydes is 1. The number of nitrogens with zero attached hydrogens (tertiary/aromatic N) is 2. The average molecular weight is 240 g/mol. The molecule has 0 aliphatic carbocycles. The van der Waals surface area contributed by atoms with E-state index in [9.17, 15) is 4.79 Å². The maximum atomic E-state index is 10.6. The first-order valence-corrected chi connectivity index (χ1v) is 6.01. The highest BCUT2D eigenvalue weighted by atomic mass is 32.1. The molecule has 0 saturated heterocycles. The van der Waals surface area contributed by atoms with E-state index in [1.165, 1.54) is 11.3 Å². The van der Waals surface area contributed by atoms with Crippen molar-refractivity contribution in [1.29, 1.82) is 0 Å². The van der Waals surface area contributed by atoms with Crippen molar-refractivity contribution in [2.45, 2.75) is 0 Å². The number of rotatable bonds is 2. The molecule has 1 aromatic carbocycles. The molecule has 0 N–H and O–H groups in total.